The third kappa shape index (κ3) is 7.81. The molecule has 1 aliphatic rings. The first-order valence-corrected chi connectivity index (χ1v) is 25.1. The molecular weight excluding hydrogens is 913 g/mol. The maximum atomic E-state index is 11.3. The van der Waals surface area contributed by atoms with E-state index in [0.29, 0.717) is 33.4 Å². The fourth-order valence-corrected chi connectivity index (χ4v) is 11.1. The van der Waals surface area contributed by atoms with Gasteiger partial charge in [-0.25, -0.2) is 0 Å². The van der Waals surface area contributed by atoms with E-state index in [1.807, 2.05) is 72.8 Å². The Bertz CT molecular complexity index is 4070. The largest absolute Gasteiger partial charge is 0.341 e. The summed E-state index contributed by atoms with van der Waals surface area (Å²) in [5.41, 5.74) is 18.7. The Balaban J connectivity index is 0.884. The molecule has 6 heteroatoms. The summed E-state index contributed by atoms with van der Waals surface area (Å²) in [4.78, 5) is 2.36. The van der Waals surface area contributed by atoms with Gasteiger partial charge in [0, 0.05) is 58.4 Å². The normalized spacial score (nSPS) is 11.8. The van der Waals surface area contributed by atoms with Gasteiger partial charge in [0.05, 0.1) is 27.7 Å². The number of hydrogen-bond donors (Lipinski definition) is 0. The molecule has 0 unspecified atom stereocenters. The summed E-state index contributed by atoms with van der Waals surface area (Å²) in [5.74, 6) is 0. The monoisotopic (exact) mass is 956 g/mol. The highest BCUT2D eigenvalue weighted by molar-refractivity contribution is 5.98. The van der Waals surface area contributed by atoms with Gasteiger partial charge in [0.2, 0.25) is 0 Å². The fraction of sp³-hybridized carbons (Fsp3) is 0.0290. The molecule has 0 saturated carbocycles. The molecule has 0 atom stereocenters. The van der Waals surface area contributed by atoms with E-state index in [-0.39, 0.29) is 16.7 Å². The minimum atomic E-state index is 0.274. The van der Waals surface area contributed by atoms with Crippen LogP contribution in [0, 0.1) is 34.0 Å². The SMILES string of the molecule is N#Cc1c(-c2ccc(-c3ccc(N4CCc5ccccc54)cc3)cc2)c(C#N)c(-c2ccc(-c3ccc(-n4ccc5ccccc54)cc3)cc2)c(C#N)c1-c1ccc(-c2ccc(-n3ccc4ccccc43)cc2)cc1. The van der Waals surface area contributed by atoms with Gasteiger partial charge in [-0.2, -0.15) is 15.8 Å². The van der Waals surface area contributed by atoms with Crippen molar-refractivity contribution in [1.29, 1.82) is 15.8 Å². The molecule has 13 rings (SSSR count). The van der Waals surface area contributed by atoms with Crippen LogP contribution in [-0.2, 0) is 6.42 Å². The molecule has 1 aliphatic heterocycles. The van der Waals surface area contributed by atoms with Gasteiger partial charge in [0.25, 0.3) is 0 Å². The Morgan fingerprint density at radius 1 is 0.307 bits per heavy atom. The fourth-order valence-electron chi connectivity index (χ4n) is 11.1. The number of nitriles is 3. The van der Waals surface area contributed by atoms with E-state index < -0.39 is 0 Å². The number of para-hydroxylation sites is 3. The molecule has 0 fully saturated rings. The van der Waals surface area contributed by atoms with Crippen molar-refractivity contribution in [3.05, 3.63) is 265 Å². The number of aromatic nitrogens is 2. The van der Waals surface area contributed by atoms with E-state index in [1.165, 1.54) is 22.0 Å². The quantitative estimate of drug-likeness (QED) is 0.144. The molecule has 0 radical (unpaired) electrons. The van der Waals surface area contributed by atoms with Gasteiger partial charge in [-0.3, -0.25) is 0 Å². The maximum absolute atomic E-state index is 11.3. The molecule has 3 heterocycles. The molecule has 0 spiro atoms. The van der Waals surface area contributed by atoms with Crippen LogP contribution in [0.2, 0.25) is 0 Å². The summed E-state index contributed by atoms with van der Waals surface area (Å²) in [6, 6.07) is 86.7. The summed E-state index contributed by atoms with van der Waals surface area (Å²) < 4.78 is 4.37. The number of nitrogens with zero attached hydrogens (tertiary/aromatic N) is 6. The first-order valence-electron chi connectivity index (χ1n) is 25.1. The van der Waals surface area contributed by atoms with Crippen LogP contribution < -0.4 is 4.90 Å². The first-order chi connectivity index (χ1) is 37.0. The summed E-state index contributed by atoms with van der Waals surface area (Å²) in [7, 11) is 0. The average Bonchev–Trinajstić information content (AvgIpc) is 4.25. The summed E-state index contributed by atoms with van der Waals surface area (Å²) in [6.45, 7) is 0.945. The predicted molar refractivity (Wildman–Crippen MR) is 304 cm³/mol. The molecule has 12 aromatic rings. The van der Waals surface area contributed by atoms with Gasteiger partial charge in [-0.1, -0.05) is 164 Å². The van der Waals surface area contributed by atoms with E-state index in [4.69, 9.17) is 0 Å². The van der Waals surface area contributed by atoms with Gasteiger partial charge >= 0.3 is 0 Å². The molecule has 10 aromatic carbocycles. The van der Waals surface area contributed by atoms with Crippen molar-refractivity contribution < 1.29 is 0 Å². The van der Waals surface area contributed by atoms with Crippen LogP contribution in [0.4, 0.5) is 11.4 Å². The van der Waals surface area contributed by atoms with Gasteiger partial charge in [-0.15, -0.1) is 0 Å². The van der Waals surface area contributed by atoms with Crippen molar-refractivity contribution in [2.45, 2.75) is 6.42 Å². The molecule has 0 N–H and O–H groups in total. The van der Waals surface area contributed by atoms with Crippen molar-refractivity contribution >= 4 is 33.2 Å². The minimum Gasteiger partial charge on any atom is -0.341 e. The van der Waals surface area contributed by atoms with Crippen molar-refractivity contribution in [3.63, 3.8) is 0 Å². The summed E-state index contributed by atoms with van der Waals surface area (Å²) in [6.07, 6.45) is 5.21. The van der Waals surface area contributed by atoms with Crippen molar-refractivity contribution in [2.24, 2.45) is 0 Å². The molecule has 0 amide bonds. The Labute approximate surface area is 435 Å². The standard InChI is InChI=1S/C69H44N6/c70-43-61-67(55-19-13-46(14-20-55)49-25-31-58(32-26-49)73-40-37-52-7-1-4-10-64(52)73)62(44-71)69(57-23-17-48(18-24-57)51-29-35-60(36-30-51)75-42-39-54-9-3-6-12-66(54)75)63(45-72)68(61)56-21-15-47(16-22-56)50-27-33-59(34-28-50)74-41-38-53-8-2-5-11-65(53)74/h1-38,40-41H,39,42H2. The van der Waals surface area contributed by atoms with Crippen LogP contribution in [0.15, 0.2) is 243 Å². The van der Waals surface area contributed by atoms with Crippen LogP contribution in [0.3, 0.4) is 0 Å². The van der Waals surface area contributed by atoms with Crippen molar-refractivity contribution in [1.82, 2.24) is 9.13 Å². The molecule has 350 valence electrons. The van der Waals surface area contributed by atoms with E-state index in [2.05, 4.69) is 202 Å². The Morgan fingerprint density at radius 3 is 1.01 bits per heavy atom. The number of hydrogen-bond acceptors (Lipinski definition) is 4. The maximum Gasteiger partial charge on any atom is 0.101 e. The number of benzene rings is 10. The van der Waals surface area contributed by atoms with E-state index in [9.17, 15) is 15.8 Å². The van der Waals surface area contributed by atoms with Gasteiger partial charge in [0.15, 0.2) is 0 Å². The van der Waals surface area contributed by atoms with Crippen molar-refractivity contribution in [3.8, 4) is 96.3 Å². The third-order valence-corrected chi connectivity index (χ3v) is 14.9. The Morgan fingerprint density at radius 2 is 0.627 bits per heavy atom. The topological polar surface area (TPSA) is 84.5 Å². The molecule has 75 heavy (non-hydrogen) atoms. The van der Waals surface area contributed by atoms with Gasteiger partial charge in [0.1, 0.15) is 18.2 Å². The number of rotatable bonds is 9. The van der Waals surface area contributed by atoms with Crippen LogP contribution in [0.5, 0.6) is 0 Å². The Hall–Kier alpha value is -10.5. The minimum absolute atomic E-state index is 0.274. The number of fused-ring (bicyclic) bond motifs is 3. The van der Waals surface area contributed by atoms with Crippen LogP contribution in [0.1, 0.15) is 22.3 Å². The molecular formula is C69H44N6. The summed E-state index contributed by atoms with van der Waals surface area (Å²) >= 11 is 0. The van der Waals surface area contributed by atoms with Gasteiger partial charge in [-0.05, 0) is 140 Å². The van der Waals surface area contributed by atoms with E-state index >= 15 is 0 Å². The zero-order chi connectivity index (χ0) is 50.4. The predicted octanol–water partition coefficient (Wildman–Crippen LogP) is 16.9. The molecule has 6 nitrogen and oxygen atoms in total. The first kappa shape index (κ1) is 44.5. The summed E-state index contributed by atoms with van der Waals surface area (Å²) in [5, 5.41) is 36.1. The molecule has 0 bridgehead atoms. The van der Waals surface area contributed by atoms with Crippen LogP contribution in [0.25, 0.3) is 99.9 Å². The zero-order valence-corrected chi connectivity index (χ0v) is 40.7. The highest BCUT2D eigenvalue weighted by atomic mass is 15.2. The average molecular weight is 957 g/mol. The lowest BCUT2D eigenvalue weighted by atomic mass is 9.80. The second-order valence-electron chi connectivity index (χ2n) is 19.0. The lowest BCUT2D eigenvalue weighted by molar-refractivity contribution is 0.998. The van der Waals surface area contributed by atoms with Crippen LogP contribution >= 0.6 is 0 Å². The molecule has 0 saturated heterocycles. The molecule has 2 aromatic heterocycles. The second kappa shape index (κ2) is 18.6. The van der Waals surface area contributed by atoms with E-state index in [0.717, 1.165) is 74.4 Å². The highest BCUT2D eigenvalue weighted by Gasteiger charge is 2.28. The molecule has 0 aliphatic carbocycles. The highest BCUT2D eigenvalue weighted by Crippen LogP contribution is 2.45. The zero-order valence-electron chi connectivity index (χ0n) is 40.7. The van der Waals surface area contributed by atoms with E-state index in [1.54, 1.807) is 0 Å². The third-order valence-electron chi connectivity index (χ3n) is 14.9. The second-order valence-corrected chi connectivity index (χ2v) is 19.0. The number of anilines is 2. The Kier molecular flexibility index (Phi) is 11.0. The van der Waals surface area contributed by atoms with Crippen molar-refractivity contribution in [2.75, 3.05) is 11.4 Å². The van der Waals surface area contributed by atoms with Crippen LogP contribution in [-0.4, -0.2) is 15.7 Å². The lowest BCUT2D eigenvalue weighted by Crippen LogP contribution is -2.12. The smallest absolute Gasteiger partial charge is 0.101 e. The lowest BCUT2D eigenvalue weighted by Gasteiger charge is -2.20. The van der Waals surface area contributed by atoms with Gasteiger partial charge < -0.3 is 14.0 Å².